The second-order valence-electron chi connectivity index (χ2n) is 1.86. The fourth-order valence-electron chi connectivity index (χ4n) is 0.592. The minimum absolute atomic E-state index is 0.360. The van der Waals surface area contributed by atoms with Crippen LogP contribution in [0, 0.1) is 0 Å². The van der Waals surface area contributed by atoms with Gasteiger partial charge in [-0.15, -0.1) is 0 Å². The van der Waals surface area contributed by atoms with Gasteiger partial charge in [-0.3, -0.25) is 10.2 Å². The van der Waals surface area contributed by atoms with E-state index in [0.29, 0.717) is 5.76 Å². The molecule has 0 saturated heterocycles. The molecule has 0 aliphatic carbocycles. The van der Waals surface area contributed by atoms with E-state index >= 15 is 0 Å². The van der Waals surface area contributed by atoms with Crippen molar-refractivity contribution in [1.29, 1.82) is 0 Å². The van der Waals surface area contributed by atoms with Crippen molar-refractivity contribution in [1.82, 2.24) is 5.43 Å². The van der Waals surface area contributed by atoms with Crippen LogP contribution in [0.3, 0.4) is 0 Å². The van der Waals surface area contributed by atoms with Crippen LogP contribution in [0.1, 0.15) is 5.76 Å². The van der Waals surface area contributed by atoms with Crippen molar-refractivity contribution in [3.8, 4) is 0 Å². The molecule has 0 atom stereocenters. The zero-order valence-electron chi connectivity index (χ0n) is 5.78. The lowest BCUT2D eigenvalue weighted by Crippen LogP contribution is -2.27. The first-order valence-corrected chi connectivity index (χ1v) is 3.05. The molecule has 58 valence electrons. The van der Waals surface area contributed by atoms with Gasteiger partial charge in [0, 0.05) is 6.08 Å². The molecule has 0 radical (unpaired) electrons. The summed E-state index contributed by atoms with van der Waals surface area (Å²) in [5, 5.41) is 0. The topological polar surface area (TPSA) is 68.3 Å². The van der Waals surface area contributed by atoms with Gasteiger partial charge in [-0.25, -0.2) is 5.84 Å². The fraction of sp³-hybridized carbons (Fsp3) is 0. The highest BCUT2D eigenvalue weighted by atomic mass is 16.3. The fourth-order valence-corrected chi connectivity index (χ4v) is 0.592. The zero-order valence-corrected chi connectivity index (χ0v) is 5.78. The van der Waals surface area contributed by atoms with E-state index in [-0.39, 0.29) is 5.91 Å². The van der Waals surface area contributed by atoms with Crippen LogP contribution in [-0.4, -0.2) is 5.91 Å². The maximum Gasteiger partial charge on any atom is 0.258 e. The first kappa shape index (κ1) is 7.56. The van der Waals surface area contributed by atoms with Crippen LogP contribution in [0.5, 0.6) is 0 Å². The lowest BCUT2D eigenvalue weighted by molar-refractivity contribution is -0.116. The molecule has 0 unspecified atom stereocenters. The zero-order chi connectivity index (χ0) is 8.10. The molecule has 1 heterocycles. The van der Waals surface area contributed by atoms with Gasteiger partial charge in [-0.2, -0.15) is 0 Å². The summed E-state index contributed by atoms with van der Waals surface area (Å²) in [6.45, 7) is 0. The molecule has 4 nitrogen and oxygen atoms in total. The molecule has 1 aromatic heterocycles. The summed E-state index contributed by atoms with van der Waals surface area (Å²) in [7, 11) is 0. The smallest absolute Gasteiger partial charge is 0.258 e. The first-order chi connectivity index (χ1) is 5.33. The van der Waals surface area contributed by atoms with Gasteiger partial charge >= 0.3 is 0 Å². The molecule has 0 bridgehead atoms. The van der Waals surface area contributed by atoms with Crippen molar-refractivity contribution in [3.05, 3.63) is 30.2 Å². The molecular formula is C7H8N2O2. The average molecular weight is 152 g/mol. The standard InChI is InChI=1S/C7H8N2O2/c8-9-7(10)4-3-6-2-1-5-11-6/h1-5H,8H2,(H,9,10). The Balaban J connectivity index is 2.55. The number of carbonyl (C=O) groups is 1. The number of furan rings is 1. The molecule has 1 rings (SSSR count). The molecule has 0 fully saturated rings. The Kier molecular flexibility index (Phi) is 2.46. The van der Waals surface area contributed by atoms with Gasteiger partial charge in [0.05, 0.1) is 6.26 Å². The Morgan fingerprint density at radius 1 is 1.73 bits per heavy atom. The molecule has 0 aliphatic heterocycles. The van der Waals surface area contributed by atoms with Crippen LogP contribution in [0.15, 0.2) is 28.9 Å². The van der Waals surface area contributed by atoms with Crippen molar-refractivity contribution < 1.29 is 9.21 Å². The van der Waals surface area contributed by atoms with Crippen molar-refractivity contribution in [2.75, 3.05) is 0 Å². The van der Waals surface area contributed by atoms with Crippen LogP contribution >= 0.6 is 0 Å². The number of nitrogens with two attached hydrogens (primary N) is 1. The summed E-state index contributed by atoms with van der Waals surface area (Å²) in [5.41, 5.74) is 1.96. The molecule has 1 aromatic rings. The minimum Gasteiger partial charge on any atom is -0.465 e. The second-order valence-corrected chi connectivity index (χ2v) is 1.86. The van der Waals surface area contributed by atoms with Gasteiger partial charge in [0.2, 0.25) is 0 Å². The van der Waals surface area contributed by atoms with Crippen molar-refractivity contribution >= 4 is 12.0 Å². The van der Waals surface area contributed by atoms with Gasteiger partial charge < -0.3 is 4.42 Å². The molecule has 0 spiro atoms. The number of amides is 1. The van der Waals surface area contributed by atoms with Gasteiger partial charge in [0.1, 0.15) is 5.76 Å². The lowest BCUT2D eigenvalue weighted by Gasteiger charge is -1.87. The van der Waals surface area contributed by atoms with Crippen molar-refractivity contribution in [2.24, 2.45) is 5.84 Å². The van der Waals surface area contributed by atoms with Gasteiger partial charge in [-0.05, 0) is 18.2 Å². The van der Waals surface area contributed by atoms with Gasteiger partial charge in [-0.1, -0.05) is 0 Å². The predicted octanol–water partition coefficient (Wildman–Crippen LogP) is 0.283. The predicted molar refractivity (Wildman–Crippen MR) is 40.1 cm³/mol. The number of carbonyl (C=O) groups excluding carboxylic acids is 1. The van der Waals surface area contributed by atoms with E-state index in [0.717, 1.165) is 0 Å². The summed E-state index contributed by atoms with van der Waals surface area (Å²) in [6, 6.07) is 3.47. The molecule has 0 aliphatic rings. The Morgan fingerprint density at radius 2 is 2.55 bits per heavy atom. The van der Waals surface area contributed by atoms with Crippen molar-refractivity contribution in [2.45, 2.75) is 0 Å². The maximum absolute atomic E-state index is 10.5. The van der Waals surface area contributed by atoms with Gasteiger partial charge in [0.15, 0.2) is 0 Å². The van der Waals surface area contributed by atoms with Crippen LogP contribution in [-0.2, 0) is 4.79 Å². The van der Waals surface area contributed by atoms with E-state index in [1.54, 1.807) is 12.1 Å². The normalized spacial score (nSPS) is 10.3. The van der Waals surface area contributed by atoms with E-state index in [9.17, 15) is 4.79 Å². The first-order valence-electron chi connectivity index (χ1n) is 3.05. The minimum atomic E-state index is -0.360. The Hall–Kier alpha value is -1.55. The number of hydrogen-bond acceptors (Lipinski definition) is 3. The number of rotatable bonds is 2. The number of nitrogens with one attached hydrogen (secondary N) is 1. The van der Waals surface area contributed by atoms with Crippen molar-refractivity contribution in [3.63, 3.8) is 0 Å². The SMILES string of the molecule is NNC(=O)C=Cc1ccco1. The third-order valence-electron chi connectivity index (χ3n) is 1.08. The summed E-state index contributed by atoms with van der Waals surface area (Å²) >= 11 is 0. The highest BCUT2D eigenvalue weighted by Gasteiger charge is 1.90. The molecule has 0 aromatic carbocycles. The van der Waals surface area contributed by atoms with Crippen LogP contribution in [0.4, 0.5) is 0 Å². The number of hydrogen-bond donors (Lipinski definition) is 2. The molecule has 11 heavy (non-hydrogen) atoms. The van der Waals surface area contributed by atoms with Crippen LogP contribution in [0.25, 0.3) is 6.08 Å². The van der Waals surface area contributed by atoms with Gasteiger partial charge in [0.25, 0.3) is 5.91 Å². The lowest BCUT2D eigenvalue weighted by atomic mass is 10.4. The Labute approximate surface area is 63.7 Å². The second kappa shape index (κ2) is 3.58. The molecular weight excluding hydrogens is 144 g/mol. The Bertz CT molecular complexity index is 251. The highest BCUT2D eigenvalue weighted by molar-refractivity contribution is 5.90. The maximum atomic E-state index is 10.5. The molecule has 1 amide bonds. The van der Waals surface area contributed by atoms with Crippen LogP contribution in [0.2, 0.25) is 0 Å². The van der Waals surface area contributed by atoms with E-state index in [1.807, 2.05) is 5.43 Å². The Morgan fingerprint density at radius 3 is 3.09 bits per heavy atom. The van der Waals surface area contributed by atoms with Crippen LogP contribution < -0.4 is 11.3 Å². The van der Waals surface area contributed by atoms with E-state index in [1.165, 1.54) is 18.4 Å². The van der Waals surface area contributed by atoms with E-state index in [2.05, 4.69) is 0 Å². The number of hydrazine groups is 1. The third kappa shape index (κ3) is 2.27. The molecule has 4 heteroatoms. The summed E-state index contributed by atoms with van der Waals surface area (Å²) in [5.74, 6) is 5.09. The molecule has 3 N–H and O–H groups in total. The molecule has 0 saturated carbocycles. The highest BCUT2D eigenvalue weighted by Crippen LogP contribution is 2.01. The quantitative estimate of drug-likeness (QED) is 0.277. The third-order valence-corrected chi connectivity index (χ3v) is 1.08. The summed E-state index contributed by atoms with van der Waals surface area (Å²) in [6.07, 6.45) is 4.35. The summed E-state index contributed by atoms with van der Waals surface area (Å²) < 4.78 is 4.92. The monoisotopic (exact) mass is 152 g/mol. The van der Waals surface area contributed by atoms with E-state index < -0.39 is 0 Å². The largest absolute Gasteiger partial charge is 0.465 e. The van der Waals surface area contributed by atoms with E-state index in [4.69, 9.17) is 10.3 Å². The average Bonchev–Trinajstić information content (AvgIpc) is 2.52. The summed E-state index contributed by atoms with van der Waals surface area (Å²) in [4.78, 5) is 10.5.